The van der Waals surface area contributed by atoms with Crippen LogP contribution in [0.1, 0.15) is 48.5 Å². The van der Waals surface area contributed by atoms with Gasteiger partial charge in [-0.3, -0.25) is 0 Å². The van der Waals surface area contributed by atoms with Crippen LogP contribution in [0.4, 0.5) is 4.39 Å². The van der Waals surface area contributed by atoms with Crippen molar-refractivity contribution in [2.24, 2.45) is 5.41 Å². The fourth-order valence-electron chi connectivity index (χ4n) is 2.54. The van der Waals surface area contributed by atoms with Crippen LogP contribution in [0.25, 0.3) is 0 Å². The first-order valence-electron chi connectivity index (χ1n) is 7.46. The average molecular weight is 319 g/mol. The first-order chi connectivity index (χ1) is 10.8. The first-order valence-corrected chi connectivity index (χ1v) is 7.46. The molecule has 0 aliphatic carbocycles. The molecule has 0 amide bonds. The van der Waals surface area contributed by atoms with E-state index < -0.39 is 5.97 Å². The van der Waals surface area contributed by atoms with Gasteiger partial charge in [0.2, 0.25) is 5.76 Å². The molecule has 1 N–H and O–H groups in total. The summed E-state index contributed by atoms with van der Waals surface area (Å²) in [6, 6.07) is 8.18. The number of rotatable bonds is 5. The van der Waals surface area contributed by atoms with Gasteiger partial charge in [-0.25, -0.2) is 9.18 Å². The van der Waals surface area contributed by atoms with E-state index in [9.17, 15) is 9.18 Å². The second-order valence-corrected chi connectivity index (χ2v) is 6.50. The van der Waals surface area contributed by atoms with E-state index in [-0.39, 0.29) is 23.0 Å². The number of benzene rings is 1. The van der Waals surface area contributed by atoms with E-state index in [1.54, 1.807) is 18.2 Å². The molecular formula is C18H22FNO3. The minimum Gasteiger partial charge on any atom is -0.463 e. The summed E-state index contributed by atoms with van der Waals surface area (Å²) in [4.78, 5) is 11.7. The first kappa shape index (κ1) is 17.2. The Balaban J connectivity index is 2.18. The molecule has 1 atom stereocenters. The average Bonchev–Trinajstić information content (AvgIpc) is 2.95. The van der Waals surface area contributed by atoms with Crippen LogP contribution in [0, 0.1) is 11.2 Å². The molecule has 0 bridgehead atoms. The van der Waals surface area contributed by atoms with E-state index in [2.05, 4.69) is 26.1 Å². The lowest BCUT2D eigenvalue weighted by atomic mass is 9.82. The molecule has 2 rings (SSSR count). The van der Waals surface area contributed by atoms with Gasteiger partial charge in [-0.2, -0.15) is 0 Å². The summed E-state index contributed by atoms with van der Waals surface area (Å²) in [7, 11) is 1.32. The van der Waals surface area contributed by atoms with E-state index in [1.807, 2.05) is 0 Å². The third-order valence-corrected chi connectivity index (χ3v) is 3.68. The van der Waals surface area contributed by atoms with Gasteiger partial charge in [0.1, 0.15) is 5.82 Å². The van der Waals surface area contributed by atoms with Crippen molar-refractivity contribution in [3.05, 3.63) is 59.3 Å². The number of nitrogens with one attached hydrogen (secondary N) is 1. The molecule has 1 aromatic carbocycles. The molecular weight excluding hydrogens is 297 g/mol. The fourth-order valence-corrected chi connectivity index (χ4v) is 2.54. The van der Waals surface area contributed by atoms with Crippen molar-refractivity contribution in [3.63, 3.8) is 0 Å². The van der Waals surface area contributed by atoms with Gasteiger partial charge in [-0.05, 0) is 29.2 Å². The Morgan fingerprint density at radius 3 is 2.48 bits per heavy atom. The summed E-state index contributed by atoms with van der Waals surface area (Å²) in [5.74, 6) is -0.558. The third kappa shape index (κ3) is 4.20. The fraction of sp³-hybridized carbons (Fsp3) is 0.389. The van der Waals surface area contributed by atoms with Crippen molar-refractivity contribution in [1.82, 2.24) is 5.32 Å². The molecule has 23 heavy (non-hydrogen) atoms. The number of hydrogen-bond acceptors (Lipinski definition) is 4. The molecule has 1 unspecified atom stereocenters. The molecule has 0 aliphatic rings. The Labute approximate surface area is 135 Å². The molecule has 0 radical (unpaired) electrons. The molecule has 0 aliphatic heterocycles. The van der Waals surface area contributed by atoms with Crippen molar-refractivity contribution in [1.29, 1.82) is 0 Å². The highest BCUT2D eigenvalue weighted by atomic mass is 19.1. The van der Waals surface area contributed by atoms with Gasteiger partial charge in [-0.1, -0.05) is 32.9 Å². The lowest BCUT2D eigenvalue weighted by Gasteiger charge is -2.32. The highest BCUT2D eigenvalue weighted by Crippen LogP contribution is 2.33. The zero-order chi connectivity index (χ0) is 17.0. The third-order valence-electron chi connectivity index (χ3n) is 3.68. The van der Waals surface area contributed by atoms with E-state index in [4.69, 9.17) is 9.15 Å². The normalized spacial score (nSPS) is 12.9. The summed E-state index contributed by atoms with van der Waals surface area (Å²) in [5.41, 5.74) is 1.63. The molecule has 4 nitrogen and oxygen atoms in total. The van der Waals surface area contributed by atoms with Gasteiger partial charge < -0.3 is 14.5 Å². The van der Waals surface area contributed by atoms with Crippen LogP contribution in [0.2, 0.25) is 0 Å². The maximum Gasteiger partial charge on any atom is 0.374 e. The maximum absolute atomic E-state index is 13.2. The van der Waals surface area contributed by atoms with Gasteiger partial charge in [0.25, 0.3) is 0 Å². The molecule has 2 aromatic rings. The van der Waals surface area contributed by atoms with E-state index in [1.165, 1.54) is 25.5 Å². The van der Waals surface area contributed by atoms with Gasteiger partial charge in [0.05, 0.1) is 13.4 Å². The van der Waals surface area contributed by atoms with E-state index in [0.717, 1.165) is 11.1 Å². The molecule has 1 heterocycles. The molecule has 0 spiro atoms. The largest absolute Gasteiger partial charge is 0.463 e. The van der Waals surface area contributed by atoms with Crippen LogP contribution in [0.15, 0.2) is 41.0 Å². The minimum atomic E-state index is -0.499. The Hall–Kier alpha value is -2.14. The molecule has 0 saturated carbocycles. The van der Waals surface area contributed by atoms with Crippen molar-refractivity contribution in [2.75, 3.05) is 7.11 Å². The number of halogens is 1. The molecule has 5 heteroatoms. The predicted octanol–water partition coefficient (Wildman–Crippen LogP) is 4.08. The van der Waals surface area contributed by atoms with Gasteiger partial charge in [-0.15, -0.1) is 0 Å². The van der Waals surface area contributed by atoms with Gasteiger partial charge in [0, 0.05) is 18.2 Å². The summed E-state index contributed by atoms with van der Waals surface area (Å²) in [6.45, 7) is 6.75. The second-order valence-electron chi connectivity index (χ2n) is 6.50. The topological polar surface area (TPSA) is 51.5 Å². The Morgan fingerprint density at radius 1 is 1.26 bits per heavy atom. The number of carbonyl (C=O) groups is 1. The van der Waals surface area contributed by atoms with Crippen LogP contribution in [0.3, 0.4) is 0 Å². The predicted molar refractivity (Wildman–Crippen MR) is 85.5 cm³/mol. The zero-order valence-corrected chi connectivity index (χ0v) is 13.9. The second kappa shape index (κ2) is 6.96. The number of methoxy groups -OCH3 is 1. The van der Waals surface area contributed by atoms with Gasteiger partial charge in [0.15, 0.2) is 0 Å². The lowest BCUT2D eigenvalue weighted by Crippen LogP contribution is -2.32. The van der Waals surface area contributed by atoms with Crippen molar-refractivity contribution in [3.8, 4) is 0 Å². The molecule has 1 aromatic heterocycles. The zero-order valence-electron chi connectivity index (χ0n) is 13.9. The van der Waals surface area contributed by atoms with Crippen molar-refractivity contribution >= 4 is 5.97 Å². The van der Waals surface area contributed by atoms with Crippen LogP contribution >= 0.6 is 0 Å². The quantitative estimate of drug-likeness (QED) is 0.844. The monoisotopic (exact) mass is 319 g/mol. The smallest absolute Gasteiger partial charge is 0.374 e. The minimum absolute atomic E-state index is 0.0107. The number of esters is 1. The van der Waals surface area contributed by atoms with Crippen molar-refractivity contribution in [2.45, 2.75) is 33.4 Å². The van der Waals surface area contributed by atoms with Crippen LogP contribution in [0.5, 0.6) is 0 Å². The number of hydrogen-bond donors (Lipinski definition) is 1. The standard InChI is InChI=1S/C18H22FNO3/c1-18(2,3)16(12-5-7-14(19)8-6-12)20-11-13-9-10-23-15(13)17(21)22-4/h5-10,16,20H,11H2,1-4H3. The van der Waals surface area contributed by atoms with Crippen molar-refractivity contribution < 1.29 is 18.3 Å². The molecule has 124 valence electrons. The highest BCUT2D eigenvalue weighted by Gasteiger charge is 2.27. The van der Waals surface area contributed by atoms with Crippen LogP contribution in [-0.2, 0) is 11.3 Å². The Kier molecular flexibility index (Phi) is 5.21. The number of furan rings is 1. The summed E-state index contributed by atoms with van der Waals surface area (Å²) < 4.78 is 23.0. The lowest BCUT2D eigenvalue weighted by molar-refractivity contribution is 0.0563. The van der Waals surface area contributed by atoms with E-state index in [0.29, 0.717) is 6.54 Å². The molecule has 0 fully saturated rings. The maximum atomic E-state index is 13.2. The van der Waals surface area contributed by atoms with Crippen LogP contribution in [-0.4, -0.2) is 13.1 Å². The Morgan fingerprint density at radius 2 is 1.91 bits per heavy atom. The molecule has 0 saturated heterocycles. The highest BCUT2D eigenvalue weighted by molar-refractivity contribution is 5.87. The van der Waals surface area contributed by atoms with Gasteiger partial charge >= 0.3 is 5.97 Å². The number of carbonyl (C=O) groups excluding carboxylic acids is 1. The SMILES string of the molecule is COC(=O)c1occc1CNC(c1ccc(F)cc1)C(C)(C)C. The van der Waals surface area contributed by atoms with E-state index >= 15 is 0 Å². The van der Waals surface area contributed by atoms with Crippen LogP contribution < -0.4 is 5.32 Å². The Bertz CT molecular complexity index is 656. The summed E-state index contributed by atoms with van der Waals surface area (Å²) >= 11 is 0. The summed E-state index contributed by atoms with van der Waals surface area (Å²) in [6.07, 6.45) is 1.47. The summed E-state index contributed by atoms with van der Waals surface area (Å²) in [5, 5.41) is 3.43. The number of ether oxygens (including phenoxy) is 1.